The molecule has 1 aromatic rings. The Morgan fingerprint density at radius 3 is 2.78 bits per heavy atom. The van der Waals surface area contributed by atoms with Crippen LogP contribution in [0.3, 0.4) is 0 Å². The van der Waals surface area contributed by atoms with Crippen molar-refractivity contribution in [2.75, 3.05) is 45.9 Å². The molecule has 3 aliphatic heterocycles. The number of rotatable bonds is 1. The lowest BCUT2D eigenvalue weighted by Crippen LogP contribution is -2.81. The minimum atomic E-state index is -0.159. The molecule has 23 heavy (non-hydrogen) atoms. The summed E-state index contributed by atoms with van der Waals surface area (Å²) in [6, 6.07) is 1.79. The minimum Gasteiger partial charge on any atom is -0.378 e. The third-order valence-corrected chi connectivity index (χ3v) is 5.10. The molecular formula is C15H20N4O4. The highest BCUT2D eigenvalue weighted by atomic mass is 16.5. The van der Waals surface area contributed by atoms with Crippen LogP contribution in [0.1, 0.15) is 17.5 Å². The molecular weight excluding hydrogens is 300 g/mol. The van der Waals surface area contributed by atoms with Gasteiger partial charge in [-0.05, 0) is 0 Å². The number of nitrogens with zero attached hydrogens (tertiary/aromatic N) is 4. The zero-order valence-corrected chi connectivity index (χ0v) is 13.1. The van der Waals surface area contributed by atoms with Crippen molar-refractivity contribution in [1.29, 1.82) is 0 Å². The van der Waals surface area contributed by atoms with E-state index in [4.69, 9.17) is 9.26 Å². The van der Waals surface area contributed by atoms with E-state index in [9.17, 15) is 9.59 Å². The SMILES string of the molecule is CC(=O)N1CC2COCCN2C2(C1)CN(C(=O)c1ccno1)C2. The molecule has 0 bridgehead atoms. The van der Waals surface area contributed by atoms with Crippen molar-refractivity contribution < 1.29 is 18.8 Å². The molecule has 8 heteroatoms. The van der Waals surface area contributed by atoms with Gasteiger partial charge in [0.05, 0.1) is 31.0 Å². The second-order valence-electron chi connectivity index (χ2n) is 6.58. The maximum Gasteiger partial charge on any atom is 0.292 e. The number of carbonyl (C=O) groups excluding carboxylic acids is 2. The third kappa shape index (κ3) is 2.33. The smallest absolute Gasteiger partial charge is 0.292 e. The first-order valence-corrected chi connectivity index (χ1v) is 7.89. The average molecular weight is 320 g/mol. The fraction of sp³-hybridized carbons (Fsp3) is 0.667. The number of carbonyl (C=O) groups is 2. The first kappa shape index (κ1) is 14.6. The molecule has 2 amide bonds. The Labute approximate surface area is 133 Å². The second-order valence-corrected chi connectivity index (χ2v) is 6.58. The van der Waals surface area contributed by atoms with Crippen molar-refractivity contribution in [3.63, 3.8) is 0 Å². The molecule has 3 saturated heterocycles. The van der Waals surface area contributed by atoms with Gasteiger partial charge in [0.2, 0.25) is 11.7 Å². The number of hydrogen-bond donors (Lipinski definition) is 0. The van der Waals surface area contributed by atoms with Crippen LogP contribution in [-0.4, -0.2) is 89.2 Å². The molecule has 8 nitrogen and oxygen atoms in total. The van der Waals surface area contributed by atoms with E-state index in [1.54, 1.807) is 17.9 Å². The highest BCUT2D eigenvalue weighted by Gasteiger charge is 2.56. The second kappa shape index (κ2) is 5.31. The van der Waals surface area contributed by atoms with Gasteiger partial charge in [-0.2, -0.15) is 0 Å². The molecule has 3 fully saturated rings. The van der Waals surface area contributed by atoms with E-state index in [1.165, 1.54) is 6.20 Å². The Morgan fingerprint density at radius 2 is 2.09 bits per heavy atom. The number of morpholine rings is 1. The predicted octanol–water partition coefficient (Wildman–Crippen LogP) is -0.568. The van der Waals surface area contributed by atoms with Crippen molar-refractivity contribution in [3.8, 4) is 0 Å². The lowest BCUT2D eigenvalue weighted by atomic mass is 9.82. The number of ether oxygens (including phenoxy) is 1. The van der Waals surface area contributed by atoms with Gasteiger partial charge in [0.1, 0.15) is 0 Å². The number of fused-ring (bicyclic) bond motifs is 2. The Balaban J connectivity index is 1.52. The van der Waals surface area contributed by atoms with E-state index in [0.29, 0.717) is 39.4 Å². The van der Waals surface area contributed by atoms with Gasteiger partial charge >= 0.3 is 0 Å². The standard InChI is InChI=1S/C15H20N4O4/c1-11(20)17-6-12-7-22-5-4-19(12)15(8-17)9-18(10-15)14(21)13-2-3-16-23-13/h2-3,12H,4-10H2,1H3. The molecule has 1 atom stereocenters. The molecule has 0 aromatic carbocycles. The summed E-state index contributed by atoms with van der Waals surface area (Å²) in [7, 11) is 0. The summed E-state index contributed by atoms with van der Waals surface area (Å²) in [4.78, 5) is 30.3. The number of likely N-dealkylation sites (tertiary alicyclic amines) is 1. The summed E-state index contributed by atoms with van der Waals surface area (Å²) >= 11 is 0. The number of amides is 2. The van der Waals surface area contributed by atoms with Gasteiger partial charge in [0, 0.05) is 45.7 Å². The van der Waals surface area contributed by atoms with E-state index in [0.717, 1.165) is 6.54 Å². The Morgan fingerprint density at radius 1 is 1.30 bits per heavy atom. The molecule has 0 N–H and O–H groups in total. The largest absolute Gasteiger partial charge is 0.378 e. The van der Waals surface area contributed by atoms with Crippen LogP contribution in [0.15, 0.2) is 16.8 Å². The molecule has 0 radical (unpaired) electrons. The summed E-state index contributed by atoms with van der Waals surface area (Å²) in [5.41, 5.74) is -0.159. The molecule has 3 aliphatic rings. The summed E-state index contributed by atoms with van der Waals surface area (Å²) in [6.45, 7) is 6.37. The zero-order valence-electron chi connectivity index (χ0n) is 13.1. The predicted molar refractivity (Wildman–Crippen MR) is 78.7 cm³/mol. The topological polar surface area (TPSA) is 79.1 Å². The molecule has 124 valence electrons. The molecule has 0 aliphatic carbocycles. The molecule has 4 rings (SSSR count). The van der Waals surface area contributed by atoms with Crippen LogP contribution >= 0.6 is 0 Å². The van der Waals surface area contributed by atoms with Crippen LogP contribution < -0.4 is 0 Å². The van der Waals surface area contributed by atoms with Crippen molar-refractivity contribution in [2.45, 2.75) is 18.5 Å². The first-order valence-electron chi connectivity index (χ1n) is 7.89. The molecule has 1 spiro atoms. The van der Waals surface area contributed by atoms with Crippen LogP contribution in [0.25, 0.3) is 0 Å². The molecule has 1 unspecified atom stereocenters. The van der Waals surface area contributed by atoms with Crippen LogP contribution in [-0.2, 0) is 9.53 Å². The lowest BCUT2D eigenvalue weighted by Gasteiger charge is -2.63. The van der Waals surface area contributed by atoms with Crippen molar-refractivity contribution >= 4 is 11.8 Å². The van der Waals surface area contributed by atoms with E-state index < -0.39 is 0 Å². The Kier molecular flexibility index (Phi) is 3.38. The van der Waals surface area contributed by atoms with Crippen molar-refractivity contribution in [2.24, 2.45) is 0 Å². The first-order chi connectivity index (χ1) is 11.1. The van der Waals surface area contributed by atoms with Gasteiger partial charge in [0.15, 0.2) is 0 Å². The fourth-order valence-electron chi connectivity index (χ4n) is 4.01. The van der Waals surface area contributed by atoms with Gasteiger partial charge in [-0.15, -0.1) is 0 Å². The Hall–Kier alpha value is -1.93. The monoisotopic (exact) mass is 320 g/mol. The van der Waals surface area contributed by atoms with Gasteiger partial charge < -0.3 is 19.1 Å². The number of hydrogen-bond acceptors (Lipinski definition) is 6. The summed E-state index contributed by atoms with van der Waals surface area (Å²) in [6.07, 6.45) is 1.47. The number of piperazine rings is 1. The third-order valence-electron chi connectivity index (χ3n) is 5.10. The highest BCUT2D eigenvalue weighted by Crippen LogP contribution is 2.36. The fourth-order valence-corrected chi connectivity index (χ4v) is 4.01. The van der Waals surface area contributed by atoms with Gasteiger partial charge in [-0.3, -0.25) is 14.5 Å². The van der Waals surface area contributed by atoms with Crippen LogP contribution in [0, 0.1) is 0 Å². The van der Waals surface area contributed by atoms with Crippen molar-refractivity contribution in [3.05, 3.63) is 18.0 Å². The quantitative estimate of drug-likeness (QED) is 0.690. The van der Waals surface area contributed by atoms with E-state index in [2.05, 4.69) is 10.1 Å². The molecule has 4 heterocycles. The van der Waals surface area contributed by atoms with Crippen LogP contribution in [0.5, 0.6) is 0 Å². The van der Waals surface area contributed by atoms with Crippen LogP contribution in [0.4, 0.5) is 0 Å². The maximum absolute atomic E-state index is 12.4. The van der Waals surface area contributed by atoms with E-state index in [-0.39, 0.29) is 29.2 Å². The maximum atomic E-state index is 12.4. The number of aromatic nitrogens is 1. The summed E-state index contributed by atoms with van der Waals surface area (Å²) in [5.74, 6) is 0.199. The summed E-state index contributed by atoms with van der Waals surface area (Å²) in [5, 5.41) is 3.59. The average Bonchev–Trinajstić information content (AvgIpc) is 3.05. The van der Waals surface area contributed by atoms with Gasteiger partial charge in [-0.1, -0.05) is 5.16 Å². The van der Waals surface area contributed by atoms with Crippen molar-refractivity contribution in [1.82, 2.24) is 19.9 Å². The minimum absolute atomic E-state index is 0.0783. The molecule has 1 aromatic heterocycles. The van der Waals surface area contributed by atoms with E-state index in [1.807, 2.05) is 4.90 Å². The molecule has 0 saturated carbocycles. The van der Waals surface area contributed by atoms with Gasteiger partial charge in [-0.25, -0.2) is 0 Å². The highest BCUT2D eigenvalue weighted by molar-refractivity contribution is 5.92. The summed E-state index contributed by atoms with van der Waals surface area (Å²) < 4.78 is 10.5. The zero-order chi connectivity index (χ0) is 16.0. The van der Waals surface area contributed by atoms with E-state index >= 15 is 0 Å². The van der Waals surface area contributed by atoms with Crippen LogP contribution in [0.2, 0.25) is 0 Å². The Bertz CT molecular complexity index is 611. The normalized spacial score (nSPS) is 26.7. The van der Waals surface area contributed by atoms with Gasteiger partial charge in [0.25, 0.3) is 5.91 Å². The lowest BCUT2D eigenvalue weighted by molar-refractivity contribution is -0.167.